The van der Waals surface area contributed by atoms with Crippen LogP contribution in [0, 0.1) is 11.8 Å². The standard InChI is InChI=1S/C23H34N2O.ClH/c1-2-13-25-14-4-3-12-23(25,22(24)26)21-19(15-17-8-9-17)6-5-7-20(21)16-18-10-11-18;/h5-7,17-18H,2-4,8-16H2,1H3,(H2,24,26);1H. The minimum Gasteiger partial charge on any atom is -0.368 e. The van der Waals surface area contributed by atoms with Gasteiger partial charge in [-0.3, -0.25) is 9.69 Å². The van der Waals surface area contributed by atoms with Gasteiger partial charge >= 0.3 is 0 Å². The van der Waals surface area contributed by atoms with Crippen LogP contribution in [-0.4, -0.2) is 23.9 Å². The summed E-state index contributed by atoms with van der Waals surface area (Å²) in [7, 11) is 0. The topological polar surface area (TPSA) is 46.3 Å². The van der Waals surface area contributed by atoms with Crippen LogP contribution >= 0.6 is 12.4 Å². The number of benzene rings is 1. The molecule has 0 radical (unpaired) electrons. The van der Waals surface area contributed by atoms with E-state index in [9.17, 15) is 4.79 Å². The first-order valence-electron chi connectivity index (χ1n) is 10.8. The molecular formula is C23H35ClN2O. The molecule has 0 spiro atoms. The van der Waals surface area contributed by atoms with Gasteiger partial charge in [0.1, 0.15) is 5.54 Å². The van der Waals surface area contributed by atoms with Crippen LogP contribution in [0.25, 0.3) is 0 Å². The molecule has 0 aromatic heterocycles. The third-order valence-corrected chi connectivity index (χ3v) is 6.72. The van der Waals surface area contributed by atoms with Gasteiger partial charge in [0.25, 0.3) is 0 Å². The van der Waals surface area contributed by atoms with E-state index < -0.39 is 5.54 Å². The first kappa shape index (κ1) is 20.7. The number of rotatable bonds is 8. The van der Waals surface area contributed by atoms with Gasteiger partial charge < -0.3 is 5.73 Å². The first-order valence-corrected chi connectivity index (χ1v) is 10.8. The molecule has 4 rings (SSSR count). The summed E-state index contributed by atoms with van der Waals surface area (Å²) in [4.78, 5) is 15.5. The third-order valence-electron chi connectivity index (χ3n) is 6.72. The van der Waals surface area contributed by atoms with E-state index in [4.69, 9.17) is 5.73 Å². The second-order valence-electron chi connectivity index (χ2n) is 8.91. The van der Waals surface area contributed by atoms with Crippen LogP contribution in [0.3, 0.4) is 0 Å². The van der Waals surface area contributed by atoms with Crippen LogP contribution in [0.1, 0.15) is 75.0 Å². The Labute approximate surface area is 170 Å². The molecule has 3 aliphatic rings. The van der Waals surface area contributed by atoms with E-state index in [1.54, 1.807) is 0 Å². The highest BCUT2D eigenvalue weighted by Crippen LogP contribution is 2.45. The van der Waals surface area contributed by atoms with Crippen molar-refractivity contribution in [2.24, 2.45) is 17.6 Å². The Bertz CT molecular complexity index is 634. The van der Waals surface area contributed by atoms with E-state index in [2.05, 4.69) is 30.0 Å². The predicted molar refractivity (Wildman–Crippen MR) is 113 cm³/mol. The summed E-state index contributed by atoms with van der Waals surface area (Å²) in [6.45, 7) is 4.17. The molecule has 2 N–H and O–H groups in total. The number of nitrogens with two attached hydrogens (primary N) is 1. The summed E-state index contributed by atoms with van der Waals surface area (Å²) < 4.78 is 0. The lowest BCUT2D eigenvalue weighted by Crippen LogP contribution is -2.58. The summed E-state index contributed by atoms with van der Waals surface area (Å²) in [5.41, 5.74) is 9.76. The molecule has 1 aromatic rings. The molecule has 150 valence electrons. The van der Waals surface area contributed by atoms with Crippen molar-refractivity contribution >= 4 is 18.3 Å². The lowest BCUT2D eigenvalue weighted by Gasteiger charge is -2.47. The Morgan fingerprint density at radius 3 is 2.19 bits per heavy atom. The van der Waals surface area contributed by atoms with Gasteiger partial charge in [0.2, 0.25) is 5.91 Å². The van der Waals surface area contributed by atoms with Crippen LogP contribution in [0.5, 0.6) is 0 Å². The number of piperidine rings is 1. The molecule has 1 heterocycles. The largest absolute Gasteiger partial charge is 0.368 e. The van der Waals surface area contributed by atoms with Crippen molar-refractivity contribution in [2.75, 3.05) is 13.1 Å². The van der Waals surface area contributed by atoms with Crippen LogP contribution in [0.4, 0.5) is 0 Å². The fourth-order valence-corrected chi connectivity index (χ4v) is 5.08. The average Bonchev–Trinajstić information content (AvgIpc) is 3.53. The number of carbonyl (C=O) groups excluding carboxylic acids is 1. The molecule has 1 unspecified atom stereocenters. The zero-order valence-corrected chi connectivity index (χ0v) is 17.5. The van der Waals surface area contributed by atoms with E-state index in [-0.39, 0.29) is 18.3 Å². The highest BCUT2D eigenvalue weighted by atomic mass is 35.5. The Morgan fingerprint density at radius 2 is 1.70 bits per heavy atom. The lowest BCUT2D eigenvalue weighted by atomic mass is 9.73. The molecule has 1 saturated heterocycles. The van der Waals surface area contributed by atoms with Gasteiger partial charge in [-0.05, 0) is 106 Å². The number of likely N-dealkylation sites (tertiary alicyclic amines) is 1. The molecule has 0 bridgehead atoms. The fourth-order valence-electron chi connectivity index (χ4n) is 5.08. The zero-order chi connectivity index (χ0) is 18.1. The first-order chi connectivity index (χ1) is 12.6. The van der Waals surface area contributed by atoms with Crippen molar-refractivity contribution in [2.45, 2.75) is 76.7 Å². The molecule has 27 heavy (non-hydrogen) atoms. The zero-order valence-electron chi connectivity index (χ0n) is 16.7. The van der Waals surface area contributed by atoms with E-state index >= 15 is 0 Å². The van der Waals surface area contributed by atoms with Crippen molar-refractivity contribution < 1.29 is 4.79 Å². The molecule has 1 amide bonds. The maximum absolute atomic E-state index is 13.0. The Morgan fingerprint density at radius 1 is 1.11 bits per heavy atom. The van der Waals surface area contributed by atoms with Gasteiger partial charge in [-0.15, -0.1) is 12.4 Å². The van der Waals surface area contributed by atoms with Crippen LogP contribution < -0.4 is 5.73 Å². The molecule has 2 saturated carbocycles. The molecule has 2 aliphatic carbocycles. The third kappa shape index (κ3) is 4.19. The molecule has 1 atom stereocenters. The second kappa shape index (κ2) is 8.53. The molecular weight excluding hydrogens is 356 g/mol. The molecule has 1 aromatic carbocycles. The second-order valence-corrected chi connectivity index (χ2v) is 8.91. The lowest BCUT2D eigenvalue weighted by molar-refractivity contribution is -0.133. The maximum Gasteiger partial charge on any atom is 0.242 e. The minimum absolute atomic E-state index is 0. The Hall–Kier alpha value is -1.06. The van der Waals surface area contributed by atoms with Crippen molar-refractivity contribution in [3.05, 3.63) is 34.9 Å². The molecule has 1 aliphatic heterocycles. The molecule has 4 heteroatoms. The minimum atomic E-state index is -0.579. The summed E-state index contributed by atoms with van der Waals surface area (Å²) in [6.07, 6.45) is 11.9. The number of halogens is 1. The number of hydrogen-bond acceptors (Lipinski definition) is 2. The average molecular weight is 391 g/mol. The Kier molecular flexibility index (Phi) is 6.53. The normalized spacial score (nSPS) is 25.8. The highest BCUT2D eigenvalue weighted by molar-refractivity contribution is 5.87. The van der Waals surface area contributed by atoms with Crippen LogP contribution in [-0.2, 0) is 23.2 Å². The van der Waals surface area contributed by atoms with Gasteiger partial charge in [0, 0.05) is 0 Å². The SMILES string of the molecule is CCCN1CCCCC1(C(N)=O)c1c(CC2CC2)cccc1CC1CC1.Cl. The van der Waals surface area contributed by atoms with E-state index in [0.717, 1.165) is 57.0 Å². The van der Waals surface area contributed by atoms with Crippen molar-refractivity contribution in [1.29, 1.82) is 0 Å². The molecule has 3 fully saturated rings. The van der Waals surface area contributed by atoms with Crippen molar-refractivity contribution in [3.63, 3.8) is 0 Å². The van der Waals surface area contributed by atoms with Crippen molar-refractivity contribution in [1.82, 2.24) is 4.90 Å². The Balaban J connectivity index is 0.00000210. The van der Waals surface area contributed by atoms with Gasteiger partial charge in [0.15, 0.2) is 0 Å². The van der Waals surface area contributed by atoms with Gasteiger partial charge in [-0.2, -0.15) is 0 Å². The van der Waals surface area contributed by atoms with E-state index in [1.807, 2.05) is 0 Å². The van der Waals surface area contributed by atoms with Gasteiger partial charge in [-0.25, -0.2) is 0 Å². The number of primary amides is 1. The van der Waals surface area contributed by atoms with Crippen LogP contribution in [0.2, 0.25) is 0 Å². The summed E-state index contributed by atoms with van der Waals surface area (Å²) in [6, 6.07) is 6.79. The van der Waals surface area contributed by atoms with E-state index in [0.29, 0.717) is 0 Å². The predicted octanol–water partition coefficient (Wildman–Crippen LogP) is 4.59. The summed E-state index contributed by atoms with van der Waals surface area (Å²) in [5.74, 6) is 1.52. The fraction of sp³-hybridized carbons (Fsp3) is 0.696. The summed E-state index contributed by atoms with van der Waals surface area (Å²) >= 11 is 0. The van der Waals surface area contributed by atoms with Gasteiger partial charge in [0.05, 0.1) is 0 Å². The van der Waals surface area contributed by atoms with Gasteiger partial charge in [-0.1, -0.05) is 25.1 Å². The highest BCUT2D eigenvalue weighted by Gasteiger charge is 2.48. The van der Waals surface area contributed by atoms with Crippen LogP contribution in [0.15, 0.2) is 18.2 Å². The maximum atomic E-state index is 13.0. The van der Waals surface area contributed by atoms with E-state index in [1.165, 1.54) is 48.8 Å². The monoisotopic (exact) mass is 390 g/mol. The summed E-state index contributed by atoms with van der Waals surface area (Å²) in [5, 5.41) is 0. The number of hydrogen-bond donors (Lipinski definition) is 1. The smallest absolute Gasteiger partial charge is 0.242 e. The number of carbonyl (C=O) groups is 1. The molecule has 3 nitrogen and oxygen atoms in total. The van der Waals surface area contributed by atoms with Crippen molar-refractivity contribution in [3.8, 4) is 0 Å². The number of amides is 1. The number of nitrogens with zero attached hydrogens (tertiary/aromatic N) is 1. The quantitative estimate of drug-likeness (QED) is 0.705.